The molecule has 2 aliphatic rings. The highest BCUT2D eigenvalue weighted by molar-refractivity contribution is 5.21. The molecule has 0 saturated heterocycles. The maximum Gasteiger partial charge on any atom is 0.0459 e. The number of hydrogen-bond donors (Lipinski definition) is 1. The summed E-state index contributed by atoms with van der Waals surface area (Å²) in [5.41, 5.74) is 3.38. The summed E-state index contributed by atoms with van der Waals surface area (Å²) in [5, 5.41) is 9.29. The Bertz CT molecular complexity index is 242. The molecule has 1 nitrogen and oxygen atoms in total. The maximum atomic E-state index is 9.29. The molecular formula is C13H22O. The summed E-state index contributed by atoms with van der Waals surface area (Å²) in [7, 11) is 0. The first-order valence-electron chi connectivity index (χ1n) is 6.01. The molecule has 0 bridgehead atoms. The molecule has 0 spiro atoms. The smallest absolute Gasteiger partial charge is 0.0459 e. The van der Waals surface area contributed by atoms with Gasteiger partial charge in [0.05, 0.1) is 0 Å². The van der Waals surface area contributed by atoms with Gasteiger partial charge in [0.15, 0.2) is 0 Å². The van der Waals surface area contributed by atoms with Crippen molar-refractivity contribution in [2.24, 2.45) is 17.8 Å². The second-order valence-electron chi connectivity index (χ2n) is 5.25. The molecule has 0 aromatic rings. The van der Waals surface area contributed by atoms with E-state index in [1.54, 1.807) is 11.1 Å². The van der Waals surface area contributed by atoms with Gasteiger partial charge in [0.25, 0.3) is 0 Å². The van der Waals surface area contributed by atoms with E-state index in [0.29, 0.717) is 12.5 Å². The molecule has 80 valence electrons. The molecule has 3 unspecified atom stereocenters. The Morgan fingerprint density at radius 2 is 2.07 bits per heavy atom. The summed E-state index contributed by atoms with van der Waals surface area (Å²) in [5.74, 6) is 2.22. The molecular weight excluding hydrogens is 172 g/mol. The lowest BCUT2D eigenvalue weighted by atomic mass is 9.86. The fourth-order valence-electron chi connectivity index (χ4n) is 3.24. The van der Waals surface area contributed by atoms with Crippen LogP contribution in [0.3, 0.4) is 0 Å². The van der Waals surface area contributed by atoms with E-state index < -0.39 is 0 Å². The fraction of sp³-hybridized carbons (Fsp3) is 0.846. The van der Waals surface area contributed by atoms with Gasteiger partial charge in [-0.05, 0) is 56.8 Å². The van der Waals surface area contributed by atoms with E-state index >= 15 is 0 Å². The van der Waals surface area contributed by atoms with Crippen LogP contribution in [0.2, 0.25) is 0 Å². The molecule has 2 rings (SSSR count). The predicted molar refractivity (Wildman–Crippen MR) is 59.0 cm³/mol. The Labute approximate surface area is 87.2 Å². The summed E-state index contributed by atoms with van der Waals surface area (Å²) in [4.78, 5) is 0. The van der Waals surface area contributed by atoms with E-state index in [0.717, 1.165) is 11.8 Å². The van der Waals surface area contributed by atoms with Crippen LogP contribution in [-0.2, 0) is 0 Å². The van der Waals surface area contributed by atoms with E-state index in [4.69, 9.17) is 0 Å². The maximum absolute atomic E-state index is 9.29. The molecule has 0 amide bonds. The number of aliphatic hydroxyl groups is 1. The van der Waals surface area contributed by atoms with Gasteiger partial charge in [-0.3, -0.25) is 0 Å². The van der Waals surface area contributed by atoms with Gasteiger partial charge in [-0.1, -0.05) is 18.1 Å². The molecule has 0 aliphatic heterocycles. The second-order valence-corrected chi connectivity index (χ2v) is 5.25. The predicted octanol–water partition coefficient (Wildman–Crippen LogP) is 3.14. The quantitative estimate of drug-likeness (QED) is 0.636. The lowest BCUT2D eigenvalue weighted by Gasteiger charge is -2.20. The monoisotopic (exact) mass is 194 g/mol. The van der Waals surface area contributed by atoms with Crippen molar-refractivity contribution in [2.75, 3.05) is 6.61 Å². The third-order valence-corrected chi connectivity index (χ3v) is 4.32. The van der Waals surface area contributed by atoms with Crippen LogP contribution in [0.4, 0.5) is 0 Å². The average Bonchev–Trinajstić information content (AvgIpc) is 2.45. The molecule has 1 fully saturated rings. The number of fused-ring (bicyclic) bond motifs is 1. The van der Waals surface area contributed by atoms with Crippen molar-refractivity contribution in [3.63, 3.8) is 0 Å². The topological polar surface area (TPSA) is 20.2 Å². The summed E-state index contributed by atoms with van der Waals surface area (Å²) in [6.07, 6.45) is 6.37. The summed E-state index contributed by atoms with van der Waals surface area (Å²) in [6, 6.07) is 0. The van der Waals surface area contributed by atoms with Gasteiger partial charge in [-0.15, -0.1) is 0 Å². The van der Waals surface area contributed by atoms with Crippen LogP contribution in [0, 0.1) is 17.8 Å². The highest BCUT2D eigenvalue weighted by Gasteiger charge is 2.33. The van der Waals surface area contributed by atoms with Crippen LogP contribution >= 0.6 is 0 Å². The number of hydrogen-bond acceptors (Lipinski definition) is 1. The van der Waals surface area contributed by atoms with E-state index in [9.17, 15) is 5.11 Å². The zero-order valence-corrected chi connectivity index (χ0v) is 9.42. The van der Waals surface area contributed by atoms with E-state index in [1.807, 2.05) is 0 Å². The molecule has 3 atom stereocenters. The zero-order valence-electron chi connectivity index (χ0n) is 9.42. The average molecular weight is 194 g/mol. The number of aliphatic hydroxyl groups excluding tert-OH is 1. The minimum atomic E-state index is 0.393. The van der Waals surface area contributed by atoms with Crippen LogP contribution in [0.1, 0.15) is 46.0 Å². The normalized spacial score (nSPS) is 38.4. The van der Waals surface area contributed by atoms with Gasteiger partial charge in [0.1, 0.15) is 0 Å². The van der Waals surface area contributed by atoms with Crippen molar-refractivity contribution in [2.45, 2.75) is 46.0 Å². The molecule has 14 heavy (non-hydrogen) atoms. The lowest BCUT2D eigenvalue weighted by molar-refractivity contribution is 0.194. The van der Waals surface area contributed by atoms with Gasteiger partial charge < -0.3 is 5.11 Å². The first-order valence-corrected chi connectivity index (χ1v) is 6.01. The van der Waals surface area contributed by atoms with Gasteiger partial charge in [0, 0.05) is 6.61 Å². The van der Waals surface area contributed by atoms with Gasteiger partial charge in [0.2, 0.25) is 0 Å². The molecule has 1 N–H and O–H groups in total. The summed E-state index contributed by atoms with van der Waals surface area (Å²) >= 11 is 0. The molecule has 0 heterocycles. The first kappa shape index (κ1) is 10.2. The third kappa shape index (κ3) is 1.75. The Morgan fingerprint density at radius 3 is 2.79 bits per heavy atom. The van der Waals surface area contributed by atoms with Crippen LogP contribution < -0.4 is 0 Å². The highest BCUT2D eigenvalue weighted by atomic mass is 16.3. The Hall–Kier alpha value is -0.300. The molecule has 0 aromatic heterocycles. The molecule has 2 aliphatic carbocycles. The van der Waals surface area contributed by atoms with Gasteiger partial charge in [-0.25, -0.2) is 0 Å². The lowest BCUT2D eigenvalue weighted by Crippen LogP contribution is -2.13. The Kier molecular flexibility index (Phi) is 2.96. The van der Waals surface area contributed by atoms with Gasteiger partial charge in [-0.2, -0.15) is 0 Å². The number of allylic oxidation sites excluding steroid dienone is 2. The van der Waals surface area contributed by atoms with Crippen LogP contribution in [0.25, 0.3) is 0 Å². The SMILES string of the molecule is CC1=C2CCC(C)C2CC(CO)CC1. The van der Waals surface area contributed by atoms with E-state index in [1.165, 1.54) is 32.1 Å². The summed E-state index contributed by atoms with van der Waals surface area (Å²) < 4.78 is 0. The second kappa shape index (κ2) is 4.06. The van der Waals surface area contributed by atoms with Gasteiger partial charge >= 0.3 is 0 Å². The summed E-state index contributed by atoms with van der Waals surface area (Å²) in [6.45, 7) is 5.08. The van der Waals surface area contributed by atoms with Crippen molar-refractivity contribution >= 4 is 0 Å². The Morgan fingerprint density at radius 1 is 1.29 bits per heavy atom. The van der Waals surface area contributed by atoms with Crippen LogP contribution in [0.5, 0.6) is 0 Å². The fourth-order valence-corrected chi connectivity index (χ4v) is 3.24. The van der Waals surface area contributed by atoms with Crippen molar-refractivity contribution in [1.29, 1.82) is 0 Å². The standard InChI is InChI=1S/C13H22O/c1-9-3-5-11(8-14)7-13-10(2)4-6-12(9)13/h10-11,13-14H,3-8H2,1-2H3. The zero-order chi connectivity index (χ0) is 10.1. The van der Waals surface area contributed by atoms with Crippen LogP contribution in [0.15, 0.2) is 11.1 Å². The highest BCUT2D eigenvalue weighted by Crippen LogP contribution is 2.45. The van der Waals surface area contributed by atoms with E-state index in [-0.39, 0.29) is 0 Å². The van der Waals surface area contributed by atoms with E-state index in [2.05, 4.69) is 13.8 Å². The van der Waals surface area contributed by atoms with Crippen molar-refractivity contribution in [3.05, 3.63) is 11.1 Å². The molecule has 0 radical (unpaired) electrons. The molecule has 0 aromatic carbocycles. The first-order chi connectivity index (χ1) is 6.72. The number of rotatable bonds is 1. The largest absolute Gasteiger partial charge is 0.396 e. The van der Waals surface area contributed by atoms with Crippen LogP contribution in [-0.4, -0.2) is 11.7 Å². The van der Waals surface area contributed by atoms with Crippen molar-refractivity contribution < 1.29 is 5.11 Å². The third-order valence-electron chi connectivity index (χ3n) is 4.32. The minimum absolute atomic E-state index is 0.393. The van der Waals surface area contributed by atoms with Crippen molar-refractivity contribution in [1.82, 2.24) is 0 Å². The van der Waals surface area contributed by atoms with Crippen molar-refractivity contribution in [3.8, 4) is 0 Å². The molecule has 1 saturated carbocycles. The minimum Gasteiger partial charge on any atom is -0.396 e. The Balaban J connectivity index is 2.18. The molecule has 1 heteroatoms.